The Balaban J connectivity index is 1.00. The van der Waals surface area contributed by atoms with Crippen LogP contribution >= 0.6 is 11.8 Å². The molecule has 1 atom stereocenters. The Morgan fingerprint density at radius 1 is 0.930 bits per heavy atom. The molecule has 0 aromatic heterocycles. The lowest BCUT2D eigenvalue weighted by Crippen LogP contribution is -2.39. The number of nitrogens with one attached hydrogen (secondary N) is 2. The second-order valence-electron chi connectivity index (χ2n) is 11.4. The van der Waals surface area contributed by atoms with E-state index >= 15 is 0 Å². The molecule has 0 spiro atoms. The van der Waals surface area contributed by atoms with Gasteiger partial charge in [-0.1, -0.05) is 0 Å². The third kappa shape index (κ3) is 6.59. The highest BCUT2D eigenvalue weighted by Crippen LogP contribution is 2.35. The summed E-state index contributed by atoms with van der Waals surface area (Å²) in [5.41, 5.74) is 3.81. The first-order chi connectivity index (χ1) is 20.8. The lowest BCUT2D eigenvalue weighted by Gasteiger charge is -2.28. The Morgan fingerprint density at radius 2 is 1.60 bits per heavy atom. The van der Waals surface area contributed by atoms with Gasteiger partial charge in [0.05, 0.1) is 23.6 Å². The lowest BCUT2D eigenvalue weighted by atomic mass is 10.1. The van der Waals surface area contributed by atoms with E-state index in [-0.39, 0.29) is 23.9 Å². The predicted octanol–water partition coefficient (Wildman–Crippen LogP) is 6.07. The van der Waals surface area contributed by atoms with Crippen molar-refractivity contribution in [3.05, 3.63) is 72.3 Å². The third-order valence-electron chi connectivity index (χ3n) is 8.53. The average Bonchev–Trinajstić information content (AvgIpc) is 3.73. The fourth-order valence-electron chi connectivity index (χ4n) is 5.93. The van der Waals surface area contributed by atoms with Gasteiger partial charge in [0.1, 0.15) is 5.75 Å². The van der Waals surface area contributed by atoms with Gasteiger partial charge in [-0.25, -0.2) is 4.79 Å². The van der Waals surface area contributed by atoms with Crippen molar-refractivity contribution < 1.29 is 19.1 Å². The smallest absolute Gasteiger partial charge is 0.323 e. The van der Waals surface area contributed by atoms with E-state index in [0.29, 0.717) is 28.8 Å². The highest BCUT2D eigenvalue weighted by molar-refractivity contribution is 8.00. The minimum atomic E-state index is -0.310. The SMILES string of the molecule is CN1C(=O)CSc2ccc(C(=O)N(C)C3CCN(c4ccc(NC(=O)Nc5ccc(OC6CCCC6)cc5)cc4)C3)cc21. The molecule has 43 heavy (non-hydrogen) atoms. The molecule has 10 heteroatoms. The number of rotatable bonds is 7. The molecular weight excluding hydrogens is 562 g/mol. The molecule has 2 heterocycles. The number of urea groups is 1. The molecule has 0 radical (unpaired) electrons. The fourth-order valence-corrected chi connectivity index (χ4v) is 6.91. The van der Waals surface area contributed by atoms with E-state index in [0.717, 1.165) is 54.4 Å². The number of benzene rings is 3. The number of hydrogen-bond donors (Lipinski definition) is 2. The Kier molecular flexibility index (Phi) is 8.47. The van der Waals surface area contributed by atoms with E-state index in [4.69, 9.17) is 4.74 Å². The molecular formula is C33H37N5O4S. The second kappa shape index (κ2) is 12.6. The molecule has 2 N–H and O–H groups in total. The fraction of sp³-hybridized carbons (Fsp3) is 0.364. The van der Waals surface area contributed by atoms with Crippen LogP contribution in [-0.4, -0.2) is 67.8 Å². The average molecular weight is 600 g/mol. The summed E-state index contributed by atoms with van der Waals surface area (Å²) in [4.78, 5) is 44.8. The lowest BCUT2D eigenvalue weighted by molar-refractivity contribution is -0.116. The van der Waals surface area contributed by atoms with Crippen molar-refractivity contribution in [1.29, 1.82) is 0 Å². The number of fused-ring (bicyclic) bond motifs is 1. The van der Waals surface area contributed by atoms with Gasteiger partial charge in [-0.15, -0.1) is 11.8 Å². The largest absolute Gasteiger partial charge is 0.490 e. The maximum absolute atomic E-state index is 13.4. The summed E-state index contributed by atoms with van der Waals surface area (Å²) in [5, 5.41) is 5.76. The van der Waals surface area contributed by atoms with Crippen LogP contribution in [0.3, 0.4) is 0 Å². The highest BCUT2D eigenvalue weighted by Gasteiger charge is 2.30. The molecule has 3 aromatic rings. The summed E-state index contributed by atoms with van der Waals surface area (Å²) in [6.07, 6.45) is 5.82. The molecule has 9 nitrogen and oxygen atoms in total. The molecule has 1 saturated heterocycles. The minimum absolute atomic E-state index is 0.0403. The van der Waals surface area contributed by atoms with E-state index in [1.165, 1.54) is 24.6 Å². The van der Waals surface area contributed by atoms with Gasteiger partial charge >= 0.3 is 6.03 Å². The molecule has 2 aliphatic heterocycles. The van der Waals surface area contributed by atoms with Gasteiger partial charge in [0, 0.05) is 54.7 Å². The van der Waals surface area contributed by atoms with Crippen molar-refractivity contribution in [3.8, 4) is 5.75 Å². The zero-order chi connectivity index (χ0) is 29.9. The first kappa shape index (κ1) is 28.9. The number of carbonyl (C=O) groups is 3. The number of hydrogen-bond acceptors (Lipinski definition) is 6. The summed E-state index contributed by atoms with van der Waals surface area (Å²) >= 11 is 1.51. The number of nitrogens with zero attached hydrogens (tertiary/aromatic N) is 3. The summed E-state index contributed by atoms with van der Waals surface area (Å²) in [6, 6.07) is 20.6. The van der Waals surface area contributed by atoms with Crippen molar-refractivity contribution in [3.63, 3.8) is 0 Å². The number of anilines is 4. The van der Waals surface area contributed by atoms with Gasteiger partial charge in [0.25, 0.3) is 5.91 Å². The standard InChI is InChI=1S/C33H37N5O4S/c1-36(32(40)22-7-16-30-29(19-22)37(2)31(39)21-43-30)26-17-18-38(20-26)25-12-8-23(9-13-25)34-33(41)35-24-10-14-28(15-11-24)42-27-5-3-4-6-27/h7-16,19,26-27H,3-6,17-18,20-21H2,1-2H3,(H2,34,35,41). The number of thioether (sulfide) groups is 1. The Hall–Kier alpha value is -4.18. The molecule has 2 fully saturated rings. The van der Waals surface area contributed by atoms with Crippen LogP contribution in [-0.2, 0) is 4.79 Å². The first-order valence-electron chi connectivity index (χ1n) is 14.8. The van der Waals surface area contributed by atoms with Crippen LogP contribution < -0.4 is 25.2 Å². The van der Waals surface area contributed by atoms with E-state index in [1.54, 1.807) is 11.9 Å². The van der Waals surface area contributed by atoms with Crippen LogP contribution in [0.25, 0.3) is 0 Å². The van der Waals surface area contributed by atoms with Crippen molar-refractivity contribution in [2.24, 2.45) is 0 Å². The number of amides is 4. The molecule has 3 aromatic carbocycles. The minimum Gasteiger partial charge on any atom is -0.490 e. The van der Waals surface area contributed by atoms with Crippen LogP contribution in [0.4, 0.5) is 27.5 Å². The van der Waals surface area contributed by atoms with Gasteiger partial charge in [0.2, 0.25) is 5.91 Å². The topological polar surface area (TPSA) is 94.2 Å². The number of ether oxygens (including phenoxy) is 1. The molecule has 1 saturated carbocycles. The quantitative estimate of drug-likeness (QED) is 0.342. The van der Waals surface area contributed by atoms with Gasteiger partial charge < -0.3 is 30.1 Å². The summed E-state index contributed by atoms with van der Waals surface area (Å²) < 4.78 is 6.00. The van der Waals surface area contributed by atoms with Gasteiger partial charge in [-0.3, -0.25) is 9.59 Å². The zero-order valence-corrected chi connectivity index (χ0v) is 25.4. The summed E-state index contributed by atoms with van der Waals surface area (Å²) in [5.74, 6) is 1.24. The molecule has 224 valence electrons. The second-order valence-corrected chi connectivity index (χ2v) is 12.4. The normalized spacial score (nSPS) is 18.4. The molecule has 3 aliphatic rings. The highest BCUT2D eigenvalue weighted by atomic mass is 32.2. The summed E-state index contributed by atoms with van der Waals surface area (Å²) in [7, 11) is 3.61. The van der Waals surface area contributed by atoms with E-state index in [2.05, 4.69) is 15.5 Å². The van der Waals surface area contributed by atoms with Crippen LogP contribution in [0.2, 0.25) is 0 Å². The van der Waals surface area contributed by atoms with Crippen molar-refractivity contribution in [1.82, 2.24) is 4.90 Å². The van der Waals surface area contributed by atoms with E-state index in [1.807, 2.05) is 78.7 Å². The van der Waals surface area contributed by atoms with Crippen molar-refractivity contribution in [2.75, 3.05) is 53.4 Å². The van der Waals surface area contributed by atoms with Gasteiger partial charge in [0.15, 0.2) is 0 Å². The Bertz CT molecular complexity index is 1490. The maximum atomic E-state index is 13.4. The van der Waals surface area contributed by atoms with Crippen LogP contribution in [0.5, 0.6) is 5.75 Å². The van der Waals surface area contributed by atoms with Gasteiger partial charge in [-0.2, -0.15) is 0 Å². The number of carbonyl (C=O) groups excluding carboxylic acids is 3. The van der Waals surface area contributed by atoms with Crippen LogP contribution in [0.1, 0.15) is 42.5 Å². The monoisotopic (exact) mass is 599 g/mol. The molecule has 4 amide bonds. The predicted molar refractivity (Wildman–Crippen MR) is 172 cm³/mol. The van der Waals surface area contributed by atoms with E-state index in [9.17, 15) is 14.4 Å². The molecule has 1 unspecified atom stereocenters. The summed E-state index contributed by atoms with van der Waals surface area (Å²) in [6.45, 7) is 1.54. The van der Waals surface area contributed by atoms with Crippen molar-refractivity contribution in [2.45, 2.75) is 49.1 Å². The van der Waals surface area contributed by atoms with Gasteiger partial charge in [-0.05, 0) is 98.8 Å². The van der Waals surface area contributed by atoms with E-state index < -0.39 is 0 Å². The third-order valence-corrected chi connectivity index (χ3v) is 9.58. The number of likely N-dealkylation sites (N-methyl/N-ethyl adjacent to an activating group) is 1. The molecule has 1 aliphatic carbocycles. The van der Waals surface area contributed by atoms with Crippen LogP contribution in [0.15, 0.2) is 71.6 Å². The van der Waals surface area contributed by atoms with Crippen LogP contribution in [0, 0.1) is 0 Å². The molecule has 0 bridgehead atoms. The first-order valence-corrected chi connectivity index (χ1v) is 15.8. The molecule has 6 rings (SSSR count). The maximum Gasteiger partial charge on any atom is 0.323 e. The Morgan fingerprint density at radius 3 is 2.30 bits per heavy atom. The Labute approximate surface area is 256 Å². The van der Waals surface area contributed by atoms with Crippen molar-refractivity contribution >= 4 is 52.4 Å². The zero-order valence-electron chi connectivity index (χ0n) is 24.5.